The Labute approximate surface area is 201 Å². The molecule has 0 unspecified atom stereocenters. The van der Waals surface area contributed by atoms with Crippen molar-refractivity contribution >= 4 is 29.0 Å². The van der Waals surface area contributed by atoms with Gasteiger partial charge in [-0.05, 0) is 61.9 Å². The maximum absolute atomic E-state index is 12.5. The summed E-state index contributed by atoms with van der Waals surface area (Å²) in [5, 5.41) is 5.46. The van der Waals surface area contributed by atoms with Gasteiger partial charge in [0.25, 0.3) is 5.56 Å². The summed E-state index contributed by atoms with van der Waals surface area (Å²) in [6, 6.07) is 17.9. The molecule has 0 aliphatic carbocycles. The molecule has 178 valence electrons. The number of nitrogens with zero attached hydrogens (tertiary/aromatic N) is 2. The Morgan fingerprint density at radius 3 is 2.54 bits per heavy atom. The van der Waals surface area contributed by atoms with Crippen molar-refractivity contribution in [2.45, 2.75) is 20.5 Å². The van der Waals surface area contributed by atoms with Gasteiger partial charge in [-0.1, -0.05) is 18.2 Å². The first-order chi connectivity index (χ1) is 16.9. The number of carbonyl (C=O) groups excluding carboxylic acids is 2. The van der Waals surface area contributed by atoms with E-state index >= 15 is 0 Å². The number of amides is 2. The van der Waals surface area contributed by atoms with Gasteiger partial charge in [-0.25, -0.2) is 14.6 Å². The molecule has 0 radical (unpaired) electrons. The fourth-order valence-electron chi connectivity index (χ4n) is 3.42. The SMILES string of the molecule is CCOC(=O)c1ccc(NC(=O)Nc2ccccc2OCc2cc(=O)n3cccc(C)c3n2)cc1. The summed E-state index contributed by atoms with van der Waals surface area (Å²) in [6.45, 7) is 3.96. The first kappa shape index (κ1) is 23.5. The van der Waals surface area contributed by atoms with Gasteiger partial charge in [0.05, 0.1) is 23.6 Å². The minimum Gasteiger partial charge on any atom is -0.485 e. The number of rotatable bonds is 7. The van der Waals surface area contributed by atoms with Crippen molar-refractivity contribution in [3.63, 3.8) is 0 Å². The molecule has 0 saturated heterocycles. The lowest BCUT2D eigenvalue weighted by Crippen LogP contribution is -2.20. The first-order valence-corrected chi connectivity index (χ1v) is 11.0. The van der Waals surface area contributed by atoms with E-state index in [0.717, 1.165) is 5.56 Å². The van der Waals surface area contributed by atoms with Crippen LogP contribution in [0.3, 0.4) is 0 Å². The minimum atomic E-state index is -0.484. The van der Waals surface area contributed by atoms with E-state index in [-0.39, 0.29) is 18.8 Å². The lowest BCUT2D eigenvalue weighted by molar-refractivity contribution is 0.0526. The van der Waals surface area contributed by atoms with Crippen molar-refractivity contribution in [2.75, 3.05) is 17.2 Å². The van der Waals surface area contributed by atoms with Crippen LogP contribution in [0.15, 0.2) is 77.7 Å². The summed E-state index contributed by atoms with van der Waals surface area (Å²) in [4.78, 5) is 41.2. The lowest BCUT2D eigenvalue weighted by atomic mass is 10.2. The van der Waals surface area contributed by atoms with Crippen LogP contribution in [0.25, 0.3) is 5.65 Å². The number of hydrogen-bond donors (Lipinski definition) is 2. The summed E-state index contributed by atoms with van der Waals surface area (Å²) in [7, 11) is 0. The third kappa shape index (κ3) is 5.64. The van der Waals surface area contributed by atoms with Crippen molar-refractivity contribution < 1.29 is 19.1 Å². The number of para-hydroxylation sites is 2. The van der Waals surface area contributed by atoms with Gasteiger partial charge in [-0.3, -0.25) is 9.20 Å². The van der Waals surface area contributed by atoms with Gasteiger partial charge in [0, 0.05) is 18.0 Å². The molecule has 0 bridgehead atoms. The Balaban J connectivity index is 1.43. The summed E-state index contributed by atoms with van der Waals surface area (Å²) in [5.41, 5.74) is 3.07. The number of ether oxygens (including phenoxy) is 2. The number of hydrogen-bond acceptors (Lipinski definition) is 6. The first-order valence-electron chi connectivity index (χ1n) is 11.0. The van der Waals surface area contributed by atoms with E-state index in [9.17, 15) is 14.4 Å². The Hall–Kier alpha value is -4.66. The molecule has 2 aromatic heterocycles. The number of aromatic nitrogens is 2. The normalized spacial score (nSPS) is 10.6. The Kier molecular flexibility index (Phi) is 7.06. The van der Waals surface area contributed by atoms with Crippen molar-refractivity contribution in [2.24, 2.45) is 0 Å². The maximum atomic E-state index is 12.5. The summed E-state index contributed by atoms with van der Waals surface area (Å²) in [6.07, 6.45) is 1.67. The fraction of sp³-hybridized carbons (Fsp3) is 0.154. The highest BCUT2D eigenvalue weighted by Crippen LogP contribution is 2.25. The van der Waals surface area contributed by atoms with Crippen molar-refractivity contribution in [3.05, 3.63) is 100 Å². The highest BCUT2D eigenvalue weighted by Gasteiger charge is 2.11. The molecule has 2 N–H and O–H groups in total. The second-order valence-corrected chi connectivity index (χ2v) is 7.63. The molecule has 0 aliphatic heterocycles. The molecule has 0 saturated carbocycles. The molecule has 2 heterocycles. The van der Waals surface area contributed by atoms with E-state index in [4.69, 9.17) is 9.47 Å². The van der Waals surface area contributed by atoms with E-state index in [1.165, 1.54) is 10.5 Å². The van der Waals surface area contributed by atoms with Crippen LogP contribution in [-0.2, 0) is 11.3 Å². The summed E-state index contributed by atoms with van der Waals surface area (Å²) >= 11 is 0. The van der Waals surface area contributed by atoms with Crippen LogP contribution in [0.5, 0.6) is 5.75 Å². The maximum Gasteiger partial charge on any atom is 0.338 e. The Morgan fingerprint density at radius 2 is 1.77 bits per heavy atom. The quantitative estimate of drug-likeness (QED) is 0.386. The van der Waals surface area contributed by atoms with Gasteiger partial charge in [0.1, 0.15) is 18.0 Å². The van der Waals surface area contributed by atoms with Crippen LogP contribution >= 0.6 is 0 Å². The largest absolute Gasteiger partial charge is 0.485 e. The highest BCUT2D eigenvalue weighted by atomic mass is 16.5. The number of fused-ring (bicyclic) bond motifs is 1. The molecule has 0 aliphatic rings. The number of aryl methyl sites for hydroxylation is 1. The topological polar surface area (TPSA) is 111 Å². The van der Waals surface area contributed by atoms with Gasteiger partial charge in [-0.2, -0.15) is 0 Å². The molecule has 4 aromatic rings. The van der Waals surface area contributed by atoms with E-state index in [1.807, 2.05) is 13.0 Å². The van der Waals surface area contributed by atoms with Gasteiger partial charge in [0.2, 0.25) is 0 Å². The number of carbonyl (C=O) groups is 2. The predicted molar refractivity (Wildman–Crippen MR) is 132 cm³/mol. The summed E-state index contributed by atoms with van der Waals surface area (Å²) in [5.74, 6) is 0.000395. The number of benzene rings is 2. The zero-order chi connectivity index (χ0) is 24.8. The molecule has 2 aromatic carbocycles. The average Bonchev–Trinajstić information content (AvgIpc) is 2.85. The molecule has 9 nitrogen and oxygen atoms in total. The second kappa shape index (κ2) is 10.5. The average molecular weight is 473 g/mol. The van der Waals surface area contributed by atoms with Crippen molar-refractivity contribution in [1.82, 2.24) is 9.38 Å². The Bertz CT molecular complexity index is 1430. The van der Waals surface area contributed by atoms with Gasteiger partial charge in [-0.15, -0.1) is 0 Å². The summed E-state index contributed by atoms with van der Waals surface area (Å²) < 4.78 is 12.3. The number of anilines is 2. The zero-order valence-corrected chi connectivity index (χ0v) is 19.3. The Morgan fingerprint density at radius 1 is 1.00 bits per heavy atom. The van der Waals surface area contributed by atoms with Crippen molar-refractivity contribution in [3.8, 4) is 5.75 Å². The smallest absolute Gasteiger partial charge is 0.338 e. The molecule has 0 atom stereocenters. The molecule has 0 spiro atoms. The second-order valence-electron chi connectivity index (χ2n) is 7.63. The van der Waals surface area contributed by atoms with Crippen LogP contribution in [0.4, 0.5) is 16.2 Å². The number of esters is 1. The molecule has 35 heavy (non-hydrogen) atoms. The van der Waals surface area contributed by atoms with Gasteiger partial charge < -0.3 is 20.1 Å². The van der Waals surface area contributed by atoms with E-state index < -0.39 is 12.0 Å². The van der Waals surface area contributed by atoms with Crippen LogP contribution in [0.2, 0.25) is 0 Å². The van der Waals surface area contributed by atoms with Crippen LogP contribution in [0.1, 0.15) is 28.5 Å². The molecule has 2 amide bonds. The minimum absolute atomic E-state index is 0.0513. The zero-order valence-electron chi connectivity index (χ0n) is 19.3. The third-order valence-electron chi connectivity index (χ3n) is 5.10. The number of urea groups is 1. The molecule has 9 heteroatoms. The van der Waals surface area contributed by atoms with Gasteiger partial charge in [0.15, 0.2) is 0 Å². The highest BCUT2D eigenvalue weighted by molar-refractivity contribution is 6.01. The van der Waals surface area contributed by atoms with Crippen LogP contribution in [-0.4, -0.2) is 28.0 Å². The van der Waals surface area contributed by atoms with Gasteiger partial charge >= 0.3 is 12.0 Å². The fourth-order valence-corrected chi connectivity index (χ4v) is 3.42. The molecule has 0 fully saturated rings. The van der Waals surface area contributed by atoms with Crippen molar-refractivity contribution in [1.29, 1.82) is 0 Å². The monoisotopic (exact) mass is 472 g/mol. The molecular formula is C26H24N4O5. The van der Waals surface area contributed by atoms with Crippen LogP contribution in [0, 0.1) is 6.92 Å². The number of pyridine rings is 1. The number of nitrogens with one attached hydrogen (secondary N) is 2. The third-order valence-corrected chi connectivity index (χ3v) is 5.10. The molecular weight excluding hydrogens is 448 g/mol. The predicted octanol–water partition coefficient (Wildman–Crippen LogP) is 4.40. The standard InChI is InChI=1S/C26H24N4O5/c1-3-34-25(32)18-10-12-19(13-11-18)28-26(33)29-21-8-4-5-9-22(21)35-16-20-15-23(31)30-14-6-7-17(2)24(30)27-20/h4-15H,3,16H2,1-2H3,(H2,28,29,33). The van der Waals surface area contributed by atoms with E-state index in [2.05, 4.69) is 15.6 Å². The van der Waals surface area contributed by atoms with Crippen LogP contribution < -0.4 is 20.9 Å². The molecule has 4 rings (SSSR count). The van der Waals surface area contributed by atoms with E-state index in [1.54, 1.807) is 67.7 Å². The lowest BCUT2D eigenvalue weighted by Gasteiger charge is -2.13. The van der Waals surface area contributed by atoms with E-state index in [0.29, 0.717) is 34.0 Å².